The van der Waals surface area contributed by atoms with Crippen molar-refractivity contribution in [1.29, 1.82) is 0 Å². The minimum absolute atomic E-state index is 0.113. The Kier molecular flexibility index (Phi) is 4.35. The fourth-order valence-electron chi connectivity index (χ4n) is 3.25. The summed E-state index contributed by atoms with van der Waals surface area (Å²) in [5, 5.41) is 1.10. The van der Waals surface area contributed by atoms with Crippen LogP contribution < -0.4 is 5.56 Å². The van der Waals surface area contributed by atoms with Crippen LogP contribution in [0, 0.1) is 13.8 Å². The first kappa shape index (κ1) is 15.9. The van der Waals surface area contributed by atoms with Crippen molar-refractivity contribution in [3.05, 3.63) is 49.3 Å². The number of pyridine rings is 1. The third-order valence-corrected chi connectivity index (χ3v) is 5.29. The second-order valence-corrected chi connectivity index (χ2v) is 7.52. The van der Waals surface area contributed by atoms with Gasteiger partial charge in [0.2, 0.25) is 5.56 Å². The maximum absolute atomic E-state index is 12.6. The summed E-state index contributed by atoms with van der Waals surface area (Å²) < 4.78 is 0. The Balaban J connectivity index is 1.78. The van der Waals surface area contributed by atoms with Gasteiger partial charge in [0.1, 0.15) is 0 Å². The van der Waals surface area contributed by atoms with Crippen molar-refractivity contribution in [2.24, 2.45) is 0 Å². The largest absolute Gasteiger partial charge is 0.341 e. The number of nitrogens with zero attached hydrogens (tertiary/aromatic N) is 2. The summed E-state index contributed by atoms with van der Waals surface area (Å²) in [5.74, 6) is 0.180. The smallest absolute Gasteiger partial charge is 0.253 e. The molecule has 2 aromatic rings. The number of hydrogen-bond acceptors (Lipinski definition) is 4. The van der Waals surface area contributed by atoms with E-state index in [9.17, 15) is 9.59 Å². The molecular formula is C17H21N3O2S. The zero-order valence-electron chi connectivity index (χ0n) is 13.7. The minimum atomic E-state index is -0.239. The molecule has 0 bridgehead atoms. The Bertz CT molecular complexity index is 793. The quantitative estimate of drug-likeness (QED) is 0.940. The summed E-state index contributed by atoms with van der Waals surface area (Å²) in [6.45, 7) is 4.46. The monoisotopic (exact) mass is 331 g/mol. The van der Waals surface area contributed by atoms with Crippen molar-refractivity contribution in [2.45, 2.75) is 39.0 Å². The van der Waals surface area contributed by atoms with Gasteiger partial charge in [-0.2, -0.15) is 0 Å². The SMILES string of the molecule is Cc1cc(C(=O)N(C)CC2CCCc3sc(C)nc32)cc(=O)[nH]1. The predicted octanol–water partition coefficient (Wildman–Crippen LogP) is 2.64. The summed E-state index contributed by atoms with van der Waals surface area (Å²) in [6.07, 6.45) is 3.30. The molecule has 1 unspecified atom stereocenters. The topological polar surface area (TPSA) is 66.1 Å². The van der Waals surface area contributed by atoms with Crippen molar-refractivity contribution >= 4 is 17.2 Å². The first-order valence-electron chi connectivity index (χ1n) is 7.86. The number of H-pyrrole nitrogens is 1. The molecule has 23 heavy (non-hydrogen) atoms. The Morgan fingerprint density at radius 2 is 2.22 bits per heavy atom. The number of hydrogen-bond donors (Lipinski definition) is 1. The van der Waals surface area contributed by atoms with E-state index in [0.29, 0.717) is 23.7 Å². The normalized spacial score (nSPS) is 16.9. The van der Waals surface area contributed by atoms with Crippen molar-refractivity contribution in [1.82, 2.24) is 14.9 Å². The van der Waals surface area contributed by atoms with Gasteiger partial charge in [-0.3, -0.25) is 9.59 Å². The van der Waals surface area contributed by atoms with Crippen LogP contribution in [-0.2, 0) is 6.42 Å². The van der Waals surface area contributed by atoms with Gasteiger partial charge < -0.3 is 9.88 Å². The maximum Gasteiger partial charge on any atom is 0.253 e. The number of nitrogens with one attached hydrogen (secondary N) is 1. The highest BCUT2D eigenvalue weighted by Crippen LogP contribution is 2.35. The first-order chi connectivity index (χ1) is 10.9. The highest BCUT2D eigenvalue weighted by molar-refractivity contribution is 7.11. The number of aryl methyl sites for hydroxylation is 3. The van der Waals surface area contributed by atoms with E-state index in [0.717, 1.165) is 24.3 Å². The van der Waals surface area contributed by atoms with Gasteiger partial charge >= 0.3 is 0 Å². The molecule has 1 aliphatic carbocycles. The van der Waals surface area contributed by atoms with E-state index in [1.165, 1.54) is 16.6 Å². The predicted molar refractivity (Wildman–Crippen MR) is 91.3 cm³/mol. The molecule has 1 amide bonds. The van der Waals surface area contributed by atoms with Crippen molar-refractivity contribution < 1.29 is 4.79 Å². The molecule has 0 aliphatic heterocycles. The lowest BCUT2D eigenvalue weighted by molar-refractivity contribution is 0.0782. The van der Waals surface area contributed by atoms with Crippen LogP contribution >= 0.6 is 11.3 Å². The number of thiazole rings is 1. The van der Waals surface area contributed by atoms with E-state index < -0.39 is 0 Å². The number of carbonyl (C=O) groups excluding carboxylic acids is 1. The van der Waals surface area contributed by atoms with E-state index in [1.54, 1.807) is 36.3 Å². The molecule has 0 spiro atoms. The third-order valence-electron chi connectivity index (χ3n) is 4.24. The lowest BCUT2D eigenvalue weighted by Gasteiger charge is -2.26. The van der Waals surface area contributed by atoms with Crippen LogP contribution in [0.4, 0.5) is 0 Å². The standard InChI is InChI=1S/C17H21N3O2S/c1-10-7-13(8-15(21)18-10)17(22)20(3)9-12-5-4-6-14-16(12)19-11(2)23-14/h7-8,12H,4-6,9H2,1-3H3,(H,18,21). The van der Waals surface area contributed by atoms with Crippen molar-refractivity contribution in [3.63, 3.8) is 0 Å². The zero-order valence-corrected chi connectivity index (χ0v) is 14.5. The van der Waals surface area contributed by atoms with Gasteiger partial charge in [0, 0.05) is 41.7 Å². The van der Waals surface area contributed by atoms with Crippen LogP contribution in [0.5, 0.6) is 0 Å². The van der Waals surface area contributed by atoms with Crippen molar-refractivity contribution in [2.75, 3.05) is 13.6 Å². The summed E-state index contributed by atoms with van der Waals surface area (Å²) >= 11 is 1.77. The third kappa shape index (κ3) is 3.37. The minimum Gasteiger partial charge on any atom is -0.341 e. The molecule has 2 aromatic heterocycles. The molecule has 122 valence electrons. The van der Waals surface area contributed by atoms with Crippen LogP contribution in [0.1, 0.15) is 50.4 Å². The van der Waals surface area contributed by atoms with Crippen LogP contribution in [0.15, 0.2) is 16.9 Å². The van der Waals surface area contributed by atoms with Crippen LogP contribution in [0.25, 0.3) is 0 Å². The lowest BCUT2D eigenvalue weighted by Crippen LogP contribution is -2.33. The summed E-state index contributed by atoms with van der Waals surface area (Å²) in [6, 6.07) is 3.09. The second kappa shape index (κ2) is 6.28. The summed E-state index contributed by atoms with van der Waals surface area (Å²) in [7, 11) is 1.80. The molecule has 1 N–H and O–H groups in total. The second-order valence-electron chi connectivity index (χ2n) is 6.23. The van der Waals surface area contributed by atoms with Gasteiger partial charge in [0.05, 0.1) is 10.7 Å². The molecule has 0 saturated heterocycles. The fraction of sp³-hybridized carbons (Fsp3) is 0.471. The molecule has 0 saturated carbocycles. The molecule has 0 radical (unpaired) electrons. The highest BCUT2D eigenvalue weighted by atomic mass is 32.1. The number of fused-ring (bicyclic) bond motifs is 1. The molecule has 5 nitrogen and oxygen atoms in total. The van der Waals surface area contributed by atoms with Gasteiger partial charge in [-0.05, 0) is 39.2 Å². The molecule has 0 aromatic carbocycles. The van der Waals surface area contributed by atoms with Crippen LogP contribution in [-0.4, -0.2) is 34.4 Å². The number of aromatic nitrogens is 2. The van der Waals surface area contributed by atoms with Gasteiger partial charge in [-0.25, -0.2) is 4.98 Å². The maximum atomic E-state index is 12.6. The Hall–Kier alpha value is -1.95. The fourth-order valence-corrected chi connectivity index (χ4v) is 4.31. The lowest BCUT2D eigenvalue weighted by atomic mass is 9.90. The molecule has 1 aliphatic rings. The number of amides is 1. The van der Waals surface area contributed by atoms with E-state index in [2.05, 4.69) is 9.97 Å². The van der Waals surface area contributed by atoms with Crippen molar-refractivity contribution in [3.8, 4) is 0 Å². The number of rotatable bonds is 3. The van der Waals surface area contributed by atoms with E-state index >= 15 is 0 Å². The zero-order chi connectivity index (χ0) is 16.6. The van der Waals surface area contributed by atoms with E-state index in [-0.39, 0.29) is 11.5 Å². The average molecular weight is 331 g/mol. The molecule has 0 fully saturated rings. The first-order valence-corrected chi connectivity index (χ1v) is 8.68. The number of carbonyl (C=O) groups is 1. The average Bonchev–Trinajstić information content (AvgIpc) is 2.86. The van der Waals surface area contributed by atoms with Gasteiger partial charge in [-0.15, -0.1) is 11.3 Å². The van der Waals surface area contributed by atoms with E-state index in [4.69, 9.17) is 0 Å². The molecule has 1 atom stereocenters. The highest BCUT2D eigenvalue weighted by Gasteiger charge is 2.26. The summed E-state index contributed by atoms with van der Waals surface area (Å²) in [4.78, 5) is 34.6. The number of aromatic amines is 1. The summed E-state index contributed by atoms with van der Waals surface area (Å²) in [5.41, 5.74) is 2.07. The van der Waals surface area contributed by atoms with Gasteiger partial charge in [-0.1, -0.05) is 0 Å². The molecular weight excluding hydrogens is 310 g/mol. The number of likely N-dealkylation sites (N-methyl/N-ethyl adjacent to an activating group) is 1. The molecule has 3 rings (SSSR count). The molecule has 6 heteroatoms. The van der Waals surface area contributed by atoms with Gasteiger partial charge in [0.15, 0.2) is 0 Å². The Labute approximate surface area is 139 Å². The van der Waals surface area contributed by atoms with E-state index in [1.807, 2.05) is 6.92 Å². The molecule has 2 heterocycles. The van der Waals surface area contributed by atoms with Gasteiger partial charge in [0.25, 0.3) is 5.91 Å². The van der Waals surface area contributed by atoms with Crippen LogP contribution in [0.2, 0.25) is 0 Å². The van der Waals surface area contributed by atoms with Crippen LogP contribution in [0.3, 0.4) is 0 Å². The Morgan fingerprint density at radius 1 is 1.43 bits per heavy atom. The Morgan fingerprint density at radius 3 is 2.96 bits per heavy atom.